The zero-order valence-corrected chi connectivity index (χ0v) is 18.9. The Bertz CT molecular complexity index is 1470. The quantitative estimate of drug-likeness (QED) is 0.476. The van der Waals surface area contributed by atoms with Crippen LogP contribution in [0.3, 0.4) is 0 Å². The number of pyridine rings is 1. The maximum atomic E-state index is 13.3. The molecule has 0 spiro atoms. The second kappa shape index (κ2) is 7.81. The van der Waals surface area contributed by atoms with E-state index < -0.39 is 12.7 Å². The van der Waals surface area contributed by atoms with Crippen molar-refractivity contribution in [1.82, 2.24) is 24.5 Å². The van der Waals surface area contributed by atoms with Crippen molar-refractivity contribution in [1.29, 1.82) is 0 Å². The van der Waals surface area contributed by atoms with Crippen molar-refractivity contribution in [2.75, 3.05) is 7.05 Å². The van der Waals surface area contributed by atoms with Gasteiger partial charge in [-0.05, 0) is 43.2 Å². The van der Waals surface area contributed by atoms with E-state index in [9.17, 15) is 18.7 Å². The smallest absolute Gasteiger partial charge is 0.387 e. The molecule has 0 unspecified atom stereocenters. The fraction of sp³-hybridized carbons (Fsp3) is 0.280. The lowest BCUT2D eigenvalue weighted by molar-refractivity contribution is -0.0505. The van der Waals surface area contributed by atoms with Gasteiger partial charge in [0.15, 0.2) is 5.82 Å². The molecule has 0 saturated carbocycles. The summed E-state index contributed by atoms with van der Waals surface area (Å²) in [6.45, 7) is -1.41. The Balaban J connectivity index is 1.54. The lowest BCUT2D eigenvalue weighted by atomic mass is 9.88. The summed E-state index contributed by atoms with van der Waals surface area (Å²) in [4.78, 5) is 23.3. The van der Waals surface area contributed by atoms with Crippen LogP contribution in [0.2, 0.25) is 0 Å². The zero-order chi connectivity index (χ0) is 24.4. The Kier molecular flexibility index (Phi) is 4.82. The SMILES string of the molecule is C[C@H](O)c1ncc(-c2ccn3nc4c(c3c2)[C@@H]2C[C@H]4N(C)C(=O)c3cccc(OC(F)F)c32)cn1. The average Bonchev–Trinajstić information content (AvgIpc) is 3.36. The minimum atomic E-state index is -3.01. The predicted molar refractivity (Wildman–Crippen MR) is 121 cm³/mol. The third-order valence-corrected chi connectivity index (χ3v) is 6.85. The van der Waals surface area contributed by atoms with Gasteiger partial charge >= 0.3 is 6.61 Å². The summed E-state index contributed by atoms with van der Waals surface area (Å²) in [5, 5.41) is 14.5. The molecule has 8 nitrogen and oxygen atoms in total. The number of rotatable bonds is 4. The van der Waals surface area contributed by atoms with Crippen LogP contribution in [0.5, 0.6) is 5.75 Å². The maximum Gasteiger partial charge on any atom is 0.387 e. The summed E-state index contributed by atoms with van der Waals surface area (Å²) in [5.41, 5.74) is 4.89. The van der Waals surface area contributed by atoms with E-state index in [1.54, 1.807) is 47.9 Å². The molecule has 3 atom stereocenters. The third-order valence-electron chi connectivity index (χ3n) is 6.85. The van der Waals surface area contributed by atoms with Crippen LogP contribution >= 0.6 is 0 Å². The van der Waals surface area contributed by atoms with Gasteiger partial charge in [0.05, 0.1) is 17.3 Å². The number of hydrogen-bond donors (Lipinski definition) is 1. The molecule has 0 fully saturated rings. The number of aliphatic hydroxyl groups is 1. The molecule has 10 heteroatoms. The van der Waals surface area contributed by atoms with Crippen molar-refractivity contribution in [3.63, 3.8) is 0 Å². The van der Waals surface area contributed by atoms with Crippen LogP contribution in [-0.2, 0) is 0 Å². The number of amides is 1. The molecule has 4 aromatic rings. The number of carbonyl (C=O) groups excluding carboxylic acids is 1. The van der Waals surface area contributed by atoms with Gasteiger partial charge in [0.25, 0.3) is 5.91 Å². The number of carbonyl (C=O) groups is 1. The van der Waals surface area contributed by atoms with E-state index in [1.807, 2.05) is 18.3 Å². The van der Waals surface area contributed by atoms with Gasteiger partial charge in [0.1, 0.15) is 11.9 Å². The molecular weight excluding hydrogens is 456 g/mol. The number of ether oxygens (including phenoxy) is 1. The van der Waals surface area contributed by atoms with E-state index in [2.05, 4.69) is 9.97 Å². The molecule has 6 rings (SSSR count). The van der Waals surface area contributed by atoms with Crippen LogP contribution in [0.1, 0.15) is 64.4 Å². The highest BCUT2D eigenvalue weighted by molar-refractivity contribution is 5.98. The van der Waals surface area contributed by atoms with Crippen LogP contribution in [0.25, 0.3) is 16.6 Å². The van der Waals surface area contributed by atoms with Gasteiger partial charge in [0, 0.05) is 53.8 Å². The van der Waals surface area contributed by atoms with E-state index in [0.717, 1.165) is 27.9 Å². The predicted octanol–water partition coefficient (Wildman–Crippen LogP) is 4.11. The topological polar surface area (TPSA) is 92.9 Å². The maximum absolute atomic E-state index is 13.3. The summed E-state index contributed by atoms with van der Waals surface area (Å²) in [7, 11) is 1.71. The molecule has 1 N–H and O–H groups in total. The number of aliphatic hydroxyl groups excluding tert-OH is 1. The van der Waals surface area contributed by atoms with E-state index in [0.29, 0.717) is 23.4 Å². The summed E-state index contributed by atoms with van der Waals surface area (Å²) in [6, 6.07) is 8.26. The first-order valence-electron chi connectivity index (χ1n) is 11.2. The Morgan fingerprint density at radius 3 is 2.63 bits per heavy atom. The summed E-state index contributed by atoms with van der Waals surface area (Å²) < 4.78 is 33.1. The van der Waals surface area contributed by atoms with E-state index >= 15 is 0 Å². The van der Waals surface area contributed by atoms with E-state index in [4.69, 9.17) is 9.84 Å². The number of aromatic nitrogens is 4. The van der Waals surface area contributed by atoms with Crippen LogP contribution in [-0.4, -0.2) is 49.2 Å². The number of fused-ring (bicyclic) bond motifs is 9. The molecule has 2 bridgehead atoms. The molecule has 1 aromatic carbocycles. The van der Waals surface area contributed by atoms with Crippen molar-refractivity contribution in [3.05, 3.63) is 77.1 Å². The van der Waals surface area contributed by atoms with Crippen molar-refractivity contribution >= 4 is 11.4 Å². The summed E-state index contributed by atoms with van der Waals surface area (Å²) >= 11 is 0. The van der Waals surface area contributed by atoms with Gasteiger partial charge in [-0.1, -0.05) is 6.07 Å². The molecule has 178 valence electrons. The minimum Gasteiger partial charge on any atom is -0.434 e. The van der Waals surface area contributed by atoms with Gasteiger partial charge < -0.3 is 14.7 Å². The number of halogens is 2. The number of hydrogen-bond acceptors (Lipinski definition) is 6. The van der Waals surface area contributed by atoms with Gasteiger partial charge in [-0.2, -0.15) is 13.9 Å². The summed E-state index contributed by atoms with van der Waals surface area (Å²) in [6.07, 6.45) is 4.89. The molecule has 35 heavy (non-hydrogen) atoms. The average molecular weight is 477 g/mol. The lowest BCUT2D eigenvalue weighted by Crippen LogP contribution is -2.30. The van der Waals surface area contributed by atoms with Crippen LogP contribution < -0.4 is 4.74 Å². The normalized spacial score (nSPS) is 19.6. The fourth-order valence-electron chi connectivity index (χ4n) is 5.24. The molecular formula is C25H21F2N5O3. The van der Waals surface area contributed by atoms with E-state index in [1.165, 1.54) is 6.07 Å². The first-order valence-corrected chi connectivity index (χ1v) is 11.2. The molecule has 0 saturated heterocycles. The molecule has 1 aliphatic carbocycles. The van der Waals surface area contributed by atoms with Crippen LogP contribution in [0.15, 0.2) is 48.9 Å². The Hall–Kier alpha value is -3.92. The number of alkyl halides is 2. The summed E-state index contributed by atoms with van der Waals surface area (Å²) in [5.74, 6) is -0.238. The molecule has 1 aliphatic heterocycles. The van der Waals surface area contributed by atoms with Gasteiger partial charge in [-0.15, -0.1) is 0 Å². The highest BCUT2D eigenvalue weighted by Gasteiger charge is 2.46. The zero-order valence-electron chi connectivity index (χ0n) is 18.9. The largest absolute Gasteiger partial charge is 0.434 e. The van der Waals surface area contributed by atoms with E-state index in [-0.39, 0.29) is 23.6 Å². The Morgan fingerprint density at radius 2 is 1.91 bits per heavy atom. The van der Waals surface area contributed by atoms with Crippen molar-refractivity contribution in [3.8, 4) is 16.9 Å². The van der Waals surface area contributed by atoms with Gasteiger partial charge in [-0.3, -0.25) is 4.79 Å². The Labute approximate surface area is 198 Å². The molecule has 3 aromatic heterocycles. The van der Waals surface area contributed by atoms with Gasteiger partial charge in [0.2, 0.25) is 0 Å². The Morgan fingerprint density at radius 1 is 1.14 bits per heavy atom. The van der Waals surface area contributed by atoms with Crippen molar-refractivity contribution in [2.24, 2.45) is 0 Å². The standard InChI is InChI=1S/C25H21F2N5O3/c1-12(33)23-28-10-14(11-29-23)13-6-7-32-17(8-13)21-16-9-18(22(21)30-32)31(2)24(34)15-4-3-5-19(20(15)16)35-25(26)27/h3-8,10-12,16,18,25,33H,9H2,1-2H3/t12-,16+,18+/m0/s1. The van der Waals surface area contributed by atoms with Crippen LogP contribution in [0, 0.1) is 0 Å². The number of nitrogens with zero attached hydrogens (tertiary/aromatic N) is 5. The molecule has 2 aliphatic rings. The fourth-order valence-corrected chi connectivity index (χ4v) is 5.24. The molecule has 4 heterocycles. The lowest BCUT2D eigenvalue weighted by Gasteiger charge is -2.23. The first kappa shape index (κ1) is 21.6. The van der Waals surface area contributed by atoms with Crippen LogP contribution in [0.4, 0.5) is 8.78 Å². The second-order valence-corrected chi connectivity index (χ2v) is 8.87. The highest BCUT2D eigenvalue weighted by Crippen LogP contribution is 2.53. The van der Waals surface area contributed by atoms with Crippen molar-refractivity contribution in [2.45, 2.75) is 38.0 Å². The monoisotopic (exact) mass is 477 g/mol. The first-order chi connectivity index (χ1) is 16.8. The van der Waals surface area contributed by atoms with Gasteiger partial charge in [-0.25, -0.2) is 14.5 Å². The highest BCUT2D eigenvalue weighted by atomic mass is 19.3. The second-order valence-electron chi connectivity index (χ2n) is 8.87. The number of benzene rings is 1. The molecule has 0 radical (unpaired) electrons. The van der Waals surface area contributed by atoms with Crippen molar-refractivity contribution < 1.29 is 23.4 Å². The molecule has 1 amide bonds. The third kappa shape index (κ3) is 3.28. The minimum absolute atomic E-state index is 0.00960.